The van der Waals surface area contributed by atoms with E-state index in [1.54, 1.807) is 7.11 Å². The van der Waals surface area contributed by atoms with E-state index in [1.807, 2.05) is 54.6 Å². The molecule has 3 aromatic carbocycles. The number of methoxy groups -OCH3 is 1. The molecular formula is C21H18BrClINO2. The molecule has 0 atom stereocenters. The highest BCUT2D eigenvalue weighted by Crippen LogP contribution is 2.35. The van der Waals surface area contributed by atoms with Crippen LogP contribution in [0.1, 0.15) is 11.1 Å². The Morgan fingerprint density at radius 3 is 2.48 bits per heavy atom. The van der Waals surface area contributed by atoms with Gasteiger partial charge in [-0.25, -0.2) is 0 Å². The van der Waals surface area contributed by atoms with Gasteiger partial charge < -0.3 is 14.8 Å². The molecule has 0 spiro atoms. The number of halogens is 3. The molecule has 1 N–H and O–H groups in total. The van der Waals surface area contributed by atoms with Crippen molar-refractivity contribution in [1.29, 1.82) is 0 Å². The fourth-order valence-corrected chi connectivity index (χ4v) is 3.84. The van der Waals surface area contributed by atoms with E-state index in [2.05, 4.69) is 49.9 Å². The molecule has 0 saturated carbocycles. The summed E-state index contributed by atoms with van der Waals surface area (Å²) < 4.78 is 13.6. The summed E-state index contributed by atoms with van der Waals surface area (Å²) in [5.74, 6) is 1.47. The van der Waals surface area contributed by atoms with Crippen LogP contribution in [-0.4, -0.2) is 7.11 Å². The largest absolute Gasteiger partial charge is 0.493 e. The molecule has 3 nitrogen and oxygen atoms in total. The van der Waals surface area contributed by atoms with Gasteiger partial charge in [-0.15, -0.1) is 0 Å². The number of rotatable bonds is 7. The molecule has 0 radical (unpaired) electrons. The summed E-state index contributed by atoms with van der Waals surface area (Å²) in [6.07, 6.45) is 0. The first-order valence-electron chi connectivity index (χ1n) is 8.29. The highest BCUT2D eigenvalue weighted by molar-refractivity contribution is 14.1. The average Bonchev–Trinajstić information content (AvgIpc) is 2.67. The van der Waals surface area contributed by atoms with E-state index in [9.17, 15) is 0 Å². The van der Waals surface area contributed by atoms with Crippen molar-refractivity contribution in [2.45, 2.75) is 13.2 Å². The Morgan fingerprint density at radius 1 is 1.04 bits per heavy atom. The predicted octanol–water partition coefficient (Wildman–Crippen LogP) is 6.91. The van der Waals surface area contributed by atoms with Crippen molar-refractivity contribution in [3.05, 3.63) is 84.9 Å². The van der Waals surface area contributed by atoms with Crippen molar-refractivity contribution in [2.24, 2.45) is 0 Å². The first-order valence-corrected chi connectivity index (χ1v) is 10.5. The summed E-state index contributed by atoms with van der Waals surface area (Å²) in [4.78, 5) is 0. The first kappa shape index (κ1) is 20.3. The molecule has 0 aliphatic rings. The van der Waals surface area contributed by atoms with E-state index in [1.165, 1.54) is 0 Å². The van der Waals surface area contributed by atoms with Crippen LogP contribution < -0.4 is 14.8 Å². The summed E-state index contributed by atoms with van der Waals surface area (Å²) in [7, 11) is 1.66. The van der Waals surface area contributed by atoms with E-state index in [0.717, 1.165) is 36.4 Å². The van der Waals surface area contributed by atoms with Gasteiger partial charge in [0.05, 0.1) is 21.4 Å². The lowest BCUT2D eigenvalue weighted by Gasteiger charge is -2.15. The molecule has 0 fully saturated rings. The van der Waals surface area contributed by atoms with Crippen molar-refractivity contribution in [1.82, 2.24) is 0 Å². The van der Waals surface area contributed by atoms with Gasteiger partial charge in [0.2, 0.25) is 0 Å². The monoisotopic (exact) mass is 557 g/mol. The Hall–Kier alpha value is -1.44. The van der Waals surface area contributed by atoms with Crippen LogP contribution in [0.5, 0.6) is 11.5 Å². The fraction of sp³-hybridized carbons (Fsp3) is 0.143. The molecule has 27 heavy (non-hydrogen) atoms. The van der Waals surface area contributed by atoms with Crippen molar-refractivity contribution < 1.29 is 9.47 Å². The predicted molar refractivity (Wildman–Crippen MR) is 123 cm³/mol. The molecule has 0 heterocycles. The minimum absolute atomic E-state index is 0.483. The molecule has 0 unspecified atom stereocenters. The van der Waals surface area contributed by atoms with Crippen LogP contribution in [0.4, 0.5) is 5.69 Å². The van der Waals surface area contributed by atoms with Gasteiger partial charge in [-0.1, -0.05) is 51.8 Å². The second kappa shape index (κ2) is 9.66. The minimum atomic E-state index is 0.483. The maximum absolute atomic E-state index is 6.20. The van der Waals surface area contributed by atoms with Gasteiger partial charge in [0, 0.05) is 11.0 Å². The molecular weight excluding hydrogens is 540 g/mol. The maximum atomic E-state index is 6.20. The third kappa shape index (κ3) is 5.53. The van der Waals surface area contributed by atoms with Crippen LogP contribution in [0.15, 0.2) is 65.1 Å². The van der Waals surface area contributed by atoms with E-state index in [4.69, 9.17) is 21.1 Å². The normalized spacial score (nSPS) is 10.5. The second-order valence-corrected chi connectivity index (χ2v) is 8.34. The number of ether oxygens (including phenoxy) is 2. The van der Waals surface area contributed by atoms with Crippen LogP contribution >= 0.6 is 50.1 Å². The molecule has 140 valence electrons. The summed E-state index contributed by atoms with van der Waals surface area (Å²) >= 11 is 11.9. The van der Waals surface area contributed by atoms with Gasteiger partial charge in [0.1, 0.15) is 6.61 Å². The number of benzene rings is 3. The summed E-state index contributed by atoms with van der Waals surface area (Å²) in [6, 6.07) is 19.8. The Bertz CT molecular complexity index is 919. The first-order chi connectivity index (χ1) is 13.1. The van der Waals surface area contributed by atoms with Crippen molar-refractivity contribution in [2.75, 3.05) is 12.4 Å². The summed E-state index contributed by atoms with van der Waals surface area (Å²) in [6.45, 7) is 1.12. The van der Waals surface area contributed by atoms with Gasteiger partial charge in [0.25, 0.3) is 0 Å². The Morgan fingerprint density at radius 2 is 1.78 bits per heavy atom. The average molecular weight is 559 g/mol. The SMILES string of the molecule is COc1cc(CNc2ccccc2Cl)cc(I)c1OCc1ccc(Br)cc1. The highest BCUT2D eigenvalue weighted by atomic mass is 127. The molecule has 0 aromatic heterocycles. The lowest BCUT2D eigenvalue weighted by molar-refractivity contribution is 0.282. The zero-order valence-electron chi connectivity index (χ0n) is 14.6. The number of nitrogens with one attached hydrogen (secondary N) is 1. The van der Waals surface area contributed by atoms with Crippen LogP contribution in [-0.2, 0) is 13.2 Å². The molecule has 0 aliphatic carbocycles. The molecule has 0 aliphatic heterocycles. The van der Waals surface area contributed by atoms with Gasteiger partial charge in [0.15, 0.2) is 11.5 Å². The third-order valence-corrected chi connectivity index (χ3v) is 5.60. The van der Waals surface area contributed by atoms with Gasteiger partial charge in [-0.3, -0.25) is 0 Å². The number of anilines is 1. The molecule has 0 amide bonds. The third-order valence-electron chi connectivity index (χ3n) is 3.94. The molecule has 3 rings (SSSR count). The lowest BCUT2D eigenvalue weighted by atomic mass is 10.2. The van der Waals surface area contributed by atoms with Gasteiger partial charge >= 0.3 is 0 Å². The van der Waals surface area contributed by atoms with E-state index in [0.29, 0.717) is 18.2 Å². The molecule has 3 aromatic rings. The number of hydrogen-bond donors (Lipinski definition) is 1. The lowest BCUT2D eigenvalue weighted by Crippen LogP contribution is -2.04. The van der Waals surface area contributed by atoms with Crippen molar-refractivity contribution in [3.8, 4) is 11.5 Å². The number of para-hydroxylation sites is 1. The molecule has 0 saturated heterocycles. The quantitative estimate of drug-likeness (QED) is 0.320. The second-order valence-electron chi connectivity index (χ2n) is 5.86. The topological polar surface area (TPSA) is 30.5 Å². The standard InChI is InChI=1S/C21H18BrClINO2/c1-26-20-11-15(12-25-19-5-3-2-4-17(19)23)10-18(24)21(20)27-13-14-6-8-16(22)9-7-14/h2-11,25H,12-13H2,1H3. The van der Waals surface area contributed by atoms with Gasteiger partial charge in [-0.05, 0) is 70.1 Å². The van der Waals surface area contributed by atoms with Crippen LogP contribution in [0, 0.1) is 3.57 Å². The zero-order valence-corrected chi connectivity index (χ0v) is 19.1. The van der Waals surface area contributed by atoms with E-state index >= 15 is 0 Å². The van der Waals surface area contributed by atoms with Crippen LogP contribution in [0.25, 0.3) is 0 Å². The van der Waals surface area contributed by atoms with Gasteiger partial charge in [-0.2, -0.15) is 0 Å². The molecule has 0 bridgehead atoms. The highest BCUT2D eigenvalue weighted by Gasteiger charge is 2.12. The summed E-state index contributed by atoms with van der Waals surface area (Å²) in [5, 5.41) is 4.06. The smallest absolute Gasteiger partial charge is 0.174 e. The van der Waals surface area contributed by atoms with Crippen molar-refractivity contribution in [3.63, 3.8) is 0 Å². The van der Waals surface area contributed by atoms with Crippen LogP contribution in [0.3, 0.4) is 0 Å². The Labute approximate surface area is 186 Å². The Balaban J connectivity index is 1.72. The number of hydrogen-bond acceptors (Lipinski definition) is 3. The summed E-state index contributed by atoms with van der Waals surface area (Å²) in [5.41, 5.74) is 3.09. The van der Waals surface area contributed by atoms with Crippen LogP contribution in [0.2, 0.25) is 5.02 Å². The Kier molecular flexibility index (Phi) is 7.26. The fourth-order valence-electron chi connectivity index (χ4n) is 2.55. The minimum Gasteiger partial charge on any atom is -0.493 e. The molecule has 6 heteroatoms. The maximum Gasteiger partial charge on any atom is 0.174 e. The van der Waals surface area contributed by atoms with E-state index < -0.39 is 0 Å². The van der Waals surface area contributed by atoms with Crippen molar-refractivity contribution >= 4 is 55.8 Å². The van der Waals surface area contributed by atoms with E-state index in [-0.39, 0.29) is 0 Å². The zero-order chi connectivity index (χ0) is 19.2.